The molecule has 160 valence electrons. The SMILES string of the molecule is CC(=O)/C=C/C1=CCC(O)C=C1.CC1CC1.CCCCCOc1cccc(C)c1. The summed E-state index contributed by atoms with van der Waals surface area (Å²) in [7, 11) is 0. The van der Waals surface area contributed by atoms with Gasteiger partial charge >= 0.3 is 0 Å². The van der Waals surface area contributed by atoms with Crippen molar-refractivity contribution in [2.75, 3.05) is 6.61 Å². The number of aryl methyl sites for hydroxylation is 1. The van der Waals surface area contributed by atoms with Gasteiger partial charge in [0.15, 0.2) is 5.78 Å². The van der Waals surface area contributed by atoms with Crippen molar-refractivity contribution < 1.29 is 14.6 Å². The van der Waals surface area contributed by atoms with Crippen molar-refractivity contribution >= 4 is 5.78 Å². The average molecular weight is 399 g/mol. The summed E-state index contributed by atoms with van der Waals surface area (Å²) in [5.41, 5.74) is 2.24. The predicted molar refractivity (Wildman–Crippen MR) is 122 cm³/mol. The topological polar surface area (TPSA) is 46.5 Å². The summed E-state index contributed by atoms with van der Waals surface area (Å²) in [5, 5.41) is 9.08. The Bertz CT molecular complexity index is 681. The third-order valence-corrected chi connectivity index (χ3v) is 4.49. The number of hydrogen-bond donors (Lipinski definition) is 1. The van der Waals surface area contributed by atoms with Crippen molar-refractivity contribution in [1.29, 1.82) is 0 Å². The molecule has 0 radical (unpaired) electrons. The van der Waals surface area contributed by atoms with Gasteiger partial charge in [0.1, 0.15) is 5.75 Å². The lowest BCUT2D eigenvalue weighted by molar-refractivity contribution is -0.112. The van der Waals surface area contributed by atoms with Crippen LogP contribution in [0.4, 0.5) is 0 Å². The van der Waals surface area contributed by atoms with E-state index in [2.05, 4.69) is 32.9 Å². The fourth-order valence-corrected chi connectivity index (χ4v) is 2.38. The Morgan fingerprint density at radius 3 is 2.52 bits per heavy atom. The maximum Gasteiger partial charge on any atom is 0.152 e. The summed E-state index contributed by atoms with van der Waals surface area (Å²) < 4.78 is 5.59. The van der Waals surface area contributed by atoms with Gasteiger partial charge in [-0.1, -0.05) is 76.0 Å². The first-order valence-electron chi connectivity index (χ1n) is 10.8. The summed E-state index contributed by atoms with van der Waals surface area (Å²) in [6, 6.07) is 8.20. The van der Waals surface area contributed by atoms with Gasteiger partial charge in [-0.05, 0) is 62.0 Å². The van der Waals surface area contributed by atoms with Crippen molar-refractivity contribution in [2.24, 2.45) is 5.92 Å². The zero-order valence-corrected chi connectivity index (χ0v) is 18.6. The Kier molecular flexibility index (Phi) is 12.7. The second-order valence-electron chi connectivity index (χ2n) is 7.86. The normalized spacial score (nSPS) is 17.6. The predicted octanol–water partition coefficient (Wildman–Crippen LogP) is 6.36. The molecule has 1 atom stereocenters. The minimum absolute atomic E-state index is 0.0374. The van der Waals surface area contributed by atoms with Gasteiger partial charge in [-0.2, -0.15) is 0 Å². The van der Waals surface area contributed by atoms with Gasteiger partial charge in [0.25, 0.3) is 0 Å². The van der Waals surface area contributed by atoms with Crippen LogP contribution in [0.1, 0.15) is 64.9 Å². The molecule has 29 heavy (non-hydrogen) atoms. The molecule has 1 saturated carbocycles. The lowest BCUT2D eigenvalue weighted by atomic mass is 10.0. The van der Waals surface area contributed by atoms with Crippen LogP contribution in [0.2, 0.25) is 0 Å². The molecular weight excluding hydrogens is 360 g/mol. The molecule has 0 aliphatic heterocycles. The molecule has 0 aromatic heterocycles. The van der Waals surface area contributed by atoms with E-state index >= 15 is 0 Å². The van der Waals surface area contributed by atoms with Crippen LogP contribution < -0.4 is 4.74 Å². The zero-order chi connectivity index (χ0) is 21.5. The molecule has 0 amide bonds. The highest BCUT2D eigenvalue weighted by molar-refractivity contribution is 5.87. The standard InChI is InChI=1S/C12H18O.C10H12O2.C4H8/c1-3-4-5-9-13-12-8-6-7-11(2)10-12;1-8(11)2-3-9-4-6-10(12)7-5-9;1-4-2-3-4/h6-8,10H,3-5,9H2,1-2H3;2-6,10,12H,7H2,1H3;4H,2-3H2,1H3/b;3-2+;. The van der Waals surface area contributed by atoms with Gasteiger partial charge in [-0.25, -0.2) is 0 Å². The Balaban J connectivity index is 0.000000243. The van der Waals surface area contributed by atoms with E-state index in [1.165, 1.54) is 44.2 Å². The average Bonchev–Trinajstić information content (AvgIpc) is 3.48. The Morgan fingerprint density at radius 2 is 2.00 bits per heavy atom. The third kappa shape index (κ3) is 14.5. The van der Waals surface area contributed by atoms with Crippen molar-refractivity contribution in [3.63, 3.8) is 0 Å². The van der Waals surface area contributed by atoms with Crippen LogP contribution in [0.5, 0.6) is 5.75 Å². The van der Waals surface area contributed by atoms with Crippen molar-refractivity contribution in [2.45, 2.75) is 72.3 Å². The van der Waals surface area contributed by atoms with Gasteiger partial charge in [0.2, 0.25) is 0 Å². The molecule has 1 fully saturated rings. The maximum atomic E-state index is 10.6. The third-order valence-electron chi connectivity index (χ3n) is 4.49. The largest absolute Gasteiger partial charge is 0.494 e. The zero-order valence-electron chi connectivity index (χ0n) is 18.6. The summed E-state index contributed by atoms with van der Waals surface area (Å²) in [6.07, 6.45) is 15.6. The highest BCUT2D eigenvalue weighted by Gasteiger charge is 2.12. The Labute approximate surface area is 177 Å². The molecule has 1 unspecified atom stereocenters. The van der Waals surface area contributed by atoms with Crippen molar-refractivity contribution in [3.05, 3.63) is 65.8 Å². The van der Waals surface area contributed by atoms with Gasteiger partial charge < -0.3 is 9.84 Å². The molecule has 3 rings (SSSR count). The highest BCUT2D eigenvalue weighted by atomic mass is 16.5. The van der Waals surface area contributed by atoms with E-state index in [0.717, 1.165) is 30.3 Å². The minimum atomic E-state index is -0.362. The van der Waals surface area contributed by atoms with Crippen molar-refractivity contribution in [1.82, 2.24) is 0 Å². The molecule has 2 aliphatic rings. The van der Waals surface area contributed by atoms with Gasteiger partial charge in [0, 0.05) is 0 Å². The minimum Gasteiger partial charge on any atom is -0.494 e. The van der Waals surface area contributed by atoms with Crippen LogP contribution in [0.15, 0.2) is 60.2 Å². The molecule has 1 aromatic rings. The van der Waals surface area contributed by atoms with E-state index in [1.54, 1.807) is 12.2 Å². The van der Waals surface area contributed by atoms with E-state index in [-0.39, 0.29) is 11.9 Å². The Hall–Kier alpha value is -2.13. The van der Waals surface area contributed by atoms with E-state index in [9.17, 15) is 4.79 Å². The molecule has 0 heterocycles. The highest BCUT2D eigenvalue weighted by Crippen LogP contribution is 2.26. The number of aliphatic hydroxyl groups excluding tert-OH is 1. The number of benzene rings is 1. The van der Waals surface area contributed by atoms with Gasteiger partial charge in [0.05, 0.1) is 12.7 Å². The number of allylic oxidation sites excluding steroid dienone is 4. The first-order chi connectivity index (χ1) is 13.9. The molecule has 3 nitrogen and oxygen atoms in total. The lowest BCUT2D eigenvalue weighted by Crippen LogP contribution is -2.03. The molecule has 1 aromatic carbocycles. The Morgan fingerprint density at radius 1 is 1.28 bits per heavy atom. The summed E-state index contributed by atoms with van der Waals surface area (Å²) in [6.45, 7) is 8.92. The summed E-state index contributed by atoms with van der Waals surface area (Å²) in [4.78, 5) is 10.6. The van der Waals surface area contributed by atoms with E-state index < -0.39 is 0 Å². The lowest BCUT2D eigenvalue weighted by Gasteiger charge is -2.07. The number of ketones is 1. The fraction of sp³-hybridized carbons (Fsp3) is 0.500. The molecule has 0 bridgehead atoms. The number of ether oxygens (including phenoxy) is 1. The first kappa shape index (κ1) is 24.9. The van der Waals surface area contributed by atoms with Crippen LogP contribution in [0.25, 0.3) is 0 Å². The first-order valence-corrected chi connectivity index (χ1v) is 10.8. The van der Waals surface area contributed by atoms with Crippen LogP contribution in [-0.4, -0.2) is 23.6 Å². The van der Waals surface area contributed by atoms with E-state index in [4.69, 9.17) is 9.84 Å². The van der Waals surface area contributed by atoms with Crippen LogP contribution in [-0.2, 0) is 4.79 Å². The smallest absolute Gasteiger partial charge is 0.152 e. The second kappa shape index (κ2) is 14.8. The van der Waals surface area contributed by atoms with Crippen LogP contribution >= 0.6 is 0 Å². The summed E-state index contributed by atoms with van der Waals surface area (Å²) in [5.74, 6) is 2.12. The quantitative estimate of drug-likeness (QED) is 0.429. The molecule has 0 spiro atoms. The number of hydrogen-bond acceptors (Lipinski definition) is 3. The number of carbonyl (C=O) groups excluding carboxylic acids is 1. The number of aliphatic hydroxyl groups is 1. The van der Waals surface area contributed by atoms with Gasteiger partial charge in [-0.15, -0.1) is 0 Å². The van der Waals surface area contributed by atoms with Crippen LogP contribution in [0, 0.1) is 12.8 Å². The van der Waals surface area contributed by atoms with Crippen molar-refractivity contribution in [3.8, 4) is 5.75 Å². The number of unbranched alkanes of at least 4 members (excludes halogenated alkanes) is 2. The number of carbonyl (C=O) groups is 1. The molecule has 2 aliphatic carbocycles. The molecule has 3 heteroatoms. The molecule has 1 N–H and O–H groups in total. The van der Waals surface area contributed by atoms with E-state index in [1.807, 2.05) is 24.3 Å². The second-order valence-corrected chi connectivity index (χ2v) is 7.86. The molecule has 0 saturated heterocycles. The van der Waals surface area contributed by atoms with Gasteiger partial charge in [-0.3, -0.25) is 4.79 Å². The maximum absolute atomic E-state index is 10.6. The molecular formula is C26H38O3. The summed E-state index contributed by atoms with van der Waals surface area (Å²) >= 11 is 0. The monoisotopic (exact) mass is 398 g/mol. The van der Waals surface area contributed by atoms with E-state index in [0.29, 0.717) is 6.42 Å². The number of rotatable bonds is 7. The fourth-order valence-electron chi connectivity index (χ4n) is 2.38. The van der Waals surface area contributed by atoms with Crippen LogP contribution in [0.3, 0.4) is 0 Å².